The van der Waals surface area contributed by atoms with E-state index >= 15 is 0 Å². The van der Waals surface area contributed by atoms with Crippen molar-refractivity contribution < 1.29 is 14.3 Å². The lowest BCUT2D eigenvalue weighted by atomic mass is 10.00. The summed E-state index contributed by atoms with van der Waals surface area (Å²) in [4.78, 5) is 12.0. The highest BCUT2D eigenvalue weighted by atomic mass is 35.5. The van der Waals surface area contributed by atoms with Crippen LogP contribution < -0.4 is 10.6 Å². The van der Waals surface area contributed by atoms with E-state index in [0.29, 0.717) is 23.9 Å². The zero-order chi connectivity index (χ0) is 16.1. The van der Waals surface area contributed by atoms with Gasteiger partial charge in [0.1, 0.15) is 6.10 Å². The molecule has 6 heteroatoms. The number of nitrogens with one attached hydrogen (secondary N) is 2. The quantitative estimate of drug-likeness (QED) is 0.889. The lowest BCUT2D eigenvalue weighted by molar-refractivity contribution is -0.130. The molecular weight excluding hydrogens is 316 g/mol. The Morgan fingerprint density at radius 2 is 2.04 bits per heavy atom. The molecule has 2 amide bonds. The van der Waals surface area contributed by atoms with Crippen LogP contribution in [0, 0.1) is 0 Å². The van der Waals surface area contributed by atoms with Crippen molar-refractivity contribution in [2.75, 3.05) is 18.5 Å². The van der Waals surface area contributed by atoms with Gasteiger partial charge in [-0.3, -0.25) is 0 Å². The molecule has 1 aliphatic carbocycles. The van der Waals surface area contributed by atoms with Gasteiger partial charge >= 0.3 is 6.03 Å². The van der Waals surface area contributed by atoms with Gasteiger partial charge in [0.05, 0.1) is 13.2 Å². The Kier molecular flexibility index (Phi) is 5.33. The van der Waals surface area contributed by atoms with Crippen molar-refractivity contribution in [1.82, 2.24) is 5.32 Å². The van der Waals surface area contributed by atoms with Crippen molar-refractivity contribution in [2.45, 2.75) is 25.2 Å². The van der Waals surface area contributed by atoms with Crippen LogP contribution in [0.15, 0.2) is 48.1 Å². The van der Waals surface area contributed by atoms with E-state index in [1.807, 2.05) is 6.08 Å². The first-order chi connectivity index (χ1) is 11.2. The number of ether oxygens (including phenoxy) is 2. The lowest BCUT2D eigenvalue weighted by Gasteiger charge is -2.32. The molecule has 1 aromatic rings. The van der Waals surface area contributed by atoms with Crippen LogP contribution in [0.25, 0.3) is 0 Å². The van der Waals surface area contributed by atoms with Crippen molar-refractivity contribution in [1.29, 1.82) is 0 Å². The van der Waals surface area contributed by atoms with Gasteiger partial charge in [0.25, 0.3) is 0 Å². The van der Waals surface area contributed by atoms with E-state index in [1.165, 1.54) is 5.57 Å². The molecule has 5 nitrogen and oxygen atoms in total. The van der Waals surface area contributed by atoms with Crippen LogP contribution >= 0.6 is 11.6 Å². The summed E-state index contributed by atoms with van der Waals surface area (Å²) in [5, 5.41) is 6.14. The van der Waals surface area contributed by atoms with Crippen LogP contribution in [0.2, 0.25) is 5.02 Å². The molecule has 1 saturated heterocycles. The van der Waals surface area contributed by atoms with Crippen molar-refractivity contribution in [3.63, 3.8) is 0 Å². The second-order valence-corrected chi connectivity index (χ2v) is 5.90. The smallest absolute Gasteiger partial charge is 0.321 e. The van der Waals surface area contributed by atoms with Gasteiger partial charge in [0.15, 0.2) is 6.23 Å². The third kappa shape index (κ3) is 4.58. The molecule has 2 N–H and O–H groups in total. The fraction of sp³-hybridized carbons (Fsp3) is 0.353. The largest absolute Gasteiger partial charge is 0.374 e. The van der Waals surface area contributed by atoms with Gasteiger partial charge in [-0.05, 0) is 42.7 Å². The summed E-state index contributed by atoms with van der Waals surface area (Å²) in [6.07, 6.45) is 7.64. The summed E-state index contributed by atoms with van der Waals surface area (Å²) in [6.45, 7) is 0.865. The van der Waals surface area contributed by atoms with E-state index in [2.05, 4.69) is 22.8 Å². The maximum absolute atomic E-state index is 12.0. The molecule has 0 spiro atoms. The number of carbonyl (C=O) groups excluding carboxylic acids is 1. The summed E-state index contributed by atoms with van der Waals surface area (Å²) in [5.74, 6) is 0. The molecule has 1 heterocycles. The summed E-state index contributed by atoms with van der Waals surface area (Å²) in [6, 6.07) is 6.58. The van der Waals surface area contributed by atoms with E-state index in [9.17, 15) is 4.79 Å². The number of anilines is 1. The highest BCUT2D eigenvalue weighted by molar-refractivity contribution is 6.30. The fourth-order valence-electron chi connectivity index (χ4n) is 2.57. The fourth-order valence-corrected chi connectivity index (χ4v) is 2.69. The Morgan fingerprint density at radius 1 is 1.22 bits per heavy atom. The van der Waals surface area contributed by atoms with Gasteiger partial charge in [-0.15, -0.1) is 0 Å². The molecule has 0 saturated carbocycles. The first-order valence-electron chi connectivity index (χ1n) is 7.62. The lowest BCUT2D eigenvalue weighted by Crippen LogP contribution is -2.49. The first kappa shape index (κ1) is 16.1. The van der Waals surface area contributed by atoms with Crippen molar-refractivity contribution in [2.24, 2.45) is 0 Å². The number of hydrogen-bond donors (Lipinski definition) is 2. The number of amides is 2. The molecule has 3 rings (SSSR count). The highest BCUT2D eigenvalue weighted by Crippen LogP contribution is 2.22. The molecule has 23 heavy (non-hydrogen) atoms. The predicted octanol–water partition coefficient (Wildman–Crippen LogP) is 3.48. The number of urea groups is 1. The molecule has 0 aromatic heterocycles. The Balaban J connectivity index is 1.52. The van der Waals surface area contributed by atoms with Crippen molar-refractivity contribution in [3.8, 4) is 0 Å². The zero-order valence-corrected chi connectivity index (χ0v) is 13.4. The Labute approximate surface area is 140 Å². The Hall–Kier alpha value is -1.82. The minimum atomic E-state index is -0.465. The summed E-state index contributed by atoms with van der Waals surface area (Å²) in [5.41, 5.74) is 1.87. The van der Waals surface area contributed by atoms with Crippen LogP contribution in [0.5, 0.6) is 0 Å². The van der Waals surface area contributed by atoms with E-state index in [4.69, 9.17) is 21.1 Å². The SMILES string of the molecule is O=C(Nc1ccc(Cl)cc1)NC1COCC(C2=CC=CCC2)O1. The first-order valence-corrected chi connectivity index (χ1v) is 8.00. The molecular formula is C17H19ClN2O3. The number of rotatable bonds is 3. The molecule has 1 fully saturated rings. The summed E-state index contributed by atoms with van der Waals surface area (Å²) >= 11 is 5.82. The third-order valence-corrected chi connectivity index (χ3v) is 3.97. The number of carbonyl (C=O) groups is 1. The summed E-state index contributed by atoms with van der Waals surface area (Å²) in [7, 11) is 0. The van der Waals surface area contributed by atoms with Crippen molar-refractivity contribution in [3.05, 3.63) is 53.1 Å². The van der Waals surface area contributed by atoms with Gasteiger partial charge in [0.2, 0.25) is 0 Å². The van der Waals surface area contributed by atoms with E-state index in [1.54, 1.807) is 24.3 Å². The van der Waals surface area contributed by atoms with Crippen LogP contribution in [-0.2, 0) is 9.47 Å². The number of halogens is 1. The van der Waals surface area contributed by atoms with Crippen molar-refractivity contribution >= 4 is 23.3 Å². The number of benzene rings is 1. The molecule has 0 bridgehead atoms. The third-order valence-electron chi connectivity index (χ3n) is 3.72. The van der Waals surface area contributed by atoms with Gasteiger partial charge in [-0.25, -0.2) is 4.79 Å². The molecule has 2 aliphatic rings. The second-order valence-electron chi connectivity index (χ2n) is 5.46. The number of allylic oxidation sites excluding steroid dienone is 3. The Morgan fingerprint density at radius 3 is 2.78 bits per heavy atom. The average Bonchev–Trinajstić information content (AvgIpc) is 2.58. The second kappa shape index (κ2) is 7.64. The van der Waals surface area contributed by atoms with Gasteiger partial charge in [0, 0.05) is 10.7 Å². The molecule has 0 radical (unpaired) electrons. The average molecular weight is 335 g/mol. The maximum atomic E-state index is 12.0. The topological polar surface area (TPSA) is 59.6 Å². The highest BCUT2D eigenvalue weighted by Gasteiger charge is 2.27. The molecule has 1 aliphatic heterocycles. The van der Waals surface area contributed by atoms with Crippen LogP contribution in [0.4, 0.5) is 10.5 Å². The summed E-state index contributed by atoms with van der Waals surface area (Å²) < 4.78 is 11.5. The predicted molar refractivity (Wildman–Crippen MR) is 89.5 cm³/mol. The molecule has 2 unspecified atom stereocenters. The van der Waals surface area contributed by atoms with E-state index in [0.717, 1.165) is 12.8 Å². The zero-order valence-electron chi connectivity index (χ0n) is 12.6. The van der Waals surface area contributed by atoms with E-state index < -0.39 is 6.23 Å². The minimum absolute atomic E-state index is 0.102. The molecule has 1 aromatic carbocycles. The van der Waals surface area contributed by atoms with Crippen LogP contribution in [-0.4, -0.2) is 31.6 Å². The minimum Gasteiger partial charge on any atom is -0.374 e. The van der Waals surface area contributed by atoms with Gasteiger partial charge < -0.3 is 20.1 Å². The van der Waals surface area contributed by atoms with Gasteiger partial charge in [-0.2, -0.15) is 0 Å². The van der Waals surface area contributed by atoms with Gasteiger partial charge in [-0.1, -0.05) is 29.8 Å². The maximum Gasteiger partial charge on any atom is 0.321 e. The Bertz CT molecular complexity index is 613. The van der Waals surface area contributed by atoms with E-state index in [-0.39, 0.29) is 12.1 Å². The van der Waals surface area contributed by atoms with Crippen LogP contribution in [0.3, 0.4) is 0 Å². The monoisotopic (exact) mass is 334 g/mol. The van der Waals surface area contributed by atoms with Crippen LogP contribution in [0.1, 0.15) is 12.8 Å². The molecule has 122 valence electrons. The molecule has 2 atom stereocenters. The standard InChI is InChI=1S/C17H19ClN2O3/c18-13-6-8-14(9-7-13)19-17(21)20-16-11-22-10-15(23-16)12-4-2-1-3-5-12/h1-2,4,6-9,15-16H,3,5,10-11H2,(H2,19,20,21). The number of hydrogen-bond acceptors (Lipinski definition) is 3. The normalized spacial score (nSPS) is 24.0.